The number of nitrogens with zero attached hydrogens (tertiary/aromatic N) is 1. The van der Waals surface area contributed by atoms with Gasteiger partial charge in [0.25, 0.3) is 5.91 Å². The average Bonchev–Trinajstić information content (AvgIpc) is 2.68. The molecule has 0 spiro atoms. The van der Waals surface area contributed by atoms with Crippen LogP contribution < -0.4 is 10.2 Å². The number of fused-ring (bicyclic) bond motifs is 5. The van der Waals surface area contributed by atoms with Gasteiger partial charge in [-0.3, -0.25) is 4.79 Å². The van der Waals surface area contributed by atoms with Crippen LogP contribution in [0.15, 0.2) is 72.8 Å². The van der Waals surface area contributed by atoms with Crippen LogP contribution in [0.2, 0.25) is 0 Å². The van der Waals surface area contributed by atoms with Crippen LogP contribution >= 0.6 is 0 Å². The molecule has 0 saturated carbocycles. The van der Waals surface area contributed by atoms with Crippen molar-refractivity contribution in [1.29, 1.82) is 0 Å². The second kappa shape index (κ2) is 5.49. The van der Waals surface area contributed by atoms with Crippen LogP contribution in [0.5, 0.6) is 0 Å². The quantitative estimate of drug-likeness (QED) is 0.728. The number of carbonyl (C=O) groups excluding carboxylic acids is 1. The second-order valence-electron chi connectivity index (χ2n) is 6.62. The molecular formula is C22H18N2O. The number of rotatable bonds is 1. The summed E-state index contributed by atoms with van der Waals surface area (Å²) in [7, 11) is 0. The van der Waals surface area contributed by atoms with Crippen molar-refractivity contribution in [3.63, 3.8) is 0 Å². The summed E-state index contributed by atoms with van der Waals surface area (Å²) >= 11 is 0. The Morgan fingerprint density at radius 3 is 2.56 bits per heavy atom. The van der Waals surface area contributed by atoms with Gasteiger partial charge in [-0.15, -0.1) is 0 Å². The van der Waals surface area contributed by atoms with Gasteiger partial charge in [0.15, 0.2) is 0 Å². The van der Waals surface area contributed by atoms with Crippen molar-refractivity contribution < 1.29 is 4.79 Å². The first-order chi connectivity index (χ1) is 12.3. The topological polar surface area (TPSA) is 32.3 Å². The molecule has 1 amide bonds. The number of para-hydroxylation sites is 1. The van der Waals surface area contributed by atoms with Crippen molar-refractivity contribution in [2.45, 2.75) is 12.6 Å². The lowest BCUT2D eigenvalue weighted by atomic mass is 9.90. The highest BCUT2D eigenvalue weighted by Crippen LogP contribution is 2.38. The molecule has 2 heterocycles. The van der Waals surface area contributed by atoms with E-state index in [2.05, 4.69) is 52.7 Å². The van der Waals surface area contributed by atoms with Gasteiger partial charge in [-0.25, -0.2) is 0 Å². The minimum absolute atomic E-state index is 0.0110. The third-order valence-corrected chi connectivity index (χ3v) is 5.20. The van der Waals surface area contributed by atoms with E-state index in [4.69, 9.17) is 0 Å². The molecule has 5 rings (SSSR count). The molecule has 122 valence electrons. The van der Waals surface area contributed by atoms with Crippen molar-refractivity contribution in [2.75, 3.05) is 11.4 Å². The van der Waals surface area contributed by atoms with Crippen LogP contribution in [-0.2, 0) is 6.42 Å². The monoisotopic (exact) mass is 326 g/mol. The lowest BCUT2D eigenvalue weighted by Gasteiger charge is -2.43. The zero-order chi connectivity index (χ0) is 16.8. The van der Waals surface area contributed by atoms with Gasteiger partial charge in [-0.1, -0.05) is 60.7 Å². The molecule has 2 aliphatic heterocycles. The summed E-state index contributed by atoms with van der Waals surface area (Å²) in [4.78, 5) is 14.8. The number of amides is 1. The Bertz CT molecular complexity index is 965. The van der Waals surface area contributed by atoms with Crippen molar-refractivity contribution in [1.82, 2.24) is 5.32 Å². The summed E-state index contributed by atoms with van der Waals surface area (Å²) in [5.41, 5.74) is 6.79. The number of nitrogens with one attached hydrogen (secondary N) is 1. The van der Waals surface area contributed by atoms with E-state index in [0.717, 1.165) is 24.2 Å². The van der Waals surface area contributed by atoms with Gasteiger partial charge in [0.05, 0.1) is 11.3 Å². The van der Waals surface area contributed by atoms with Crippen LogP contribution in [0.4, 0.5) is 5.69 Å². The van der Waals surface area contributed by atoms with Crippen molar-refractivity contribution in [2.24, 2.45) is 0 Å². The molecule has 0 saturated heterocycles. The number of anilines is 1. The first kappa shape index (κ1) is 14.3. The van der Waals surface area contributed by atoms with Crippen molar-refractivity contribution >= 4 is 11.6 Å². The van der Waals surface area contributed by atoms with Gasteiger partial charge < -0.3 is 10.2 Å². The molecule has 1 atom stereocenters. The molecule has 3 heteroatoms. The predicted octanol–water partition coefficient (Wildman–Crippen LogP) is 4.16. The largest absolute Gasteiger partial charge is 0.346 e. The van der Waals surface area contributed by atoms with E-state index < -0.39 is 0 Å². The first-order valence-corrected chi connectivity index (χ1v) is 8.66. The highest BCUT2D eigenvalue weighted by molar-refractivity contribution is 6.02. The Labute approximate surface area is 146 Å². The highest BCUT2D eigenvalue weighted by atomic mass is 16.2. The Hall–Kier alpha value is -3.07. The number of carbonyl (C=O) groups is 1. The third-order valence-electron chi connectivity index (χ3n) is 5.20. The van der Waals surface area contributed by atoms with E-state index in [0.29, 0.717) is 0 Å². The van der Waals surface area contributed by atoms with Crippen LogP contribution in [-0.4, -0.2) is 12.5 Å². The average molecular weight is 326 g/mol. The van der Waals surface area contributed by atoms with E-state index in [-0.39, 0.29) is 12.1 Å². The molecule has 3 nitrogen and oxygen atoms in total. The number of hydrogen-bond donors (Lipinski definition) is 1. The third kappa shape index (κ3) is 2.23. The molecule has 0 aromatic heterocycles. The fourth-order valence-corrected chi connectivity index (χ4v) is 3.97. The summed E-state index contributed by atoms with van der Waals surface area (Å²) < 4.78 is 0. The zero-order valence-corrected chi connectivity index (χ0v) is 13.8. The summed E-state index contributed by atoms with van der Waals surface area (Å²) in [6, 6.07) is 24.9. The minimum Gasteiger partial charge on any atom is -0.346 e. The molecule has 0 aliphatic carbocycles. The van der Waals surface area contributed by atoms with Crippen LogP contribution in [0.3, 0.4) is 0 Å². The summed E-state index contributed by atoms with van der Waals surface area (Å²) in [5, 5.41) is 3.18. The molecule has 25 heavy (non-hydrogen) atoms. The standard InChI is InChI=1S/C22H18N2O/c25-22-19-8-4-5-9-20(19)24-13-12-17-14-16(15-6-2-1-3-7-15)10-11-18(17)21(24)23-22/h1-11,14,21H,12-13H2,(H,23,25). The number of hydrogen-bond acceptors (Lipinski definition) is 2. The van der Waals surface area contributed by atoms with E-state index in [1.165, 1.54) is 22.3 Å². The van der Waals surface area contributed by atoms with Gasteiger partial charge in [0.2, 0.25) is 0 Å². The van der Waals surface area contributed by atoms with Gasteiger partial charge in [-0.2, -0.15) is 0 Å². The molecule has 2 aliphatic rings. The molecule has 0 radical (unpaired) electrons. The number of benzene rings is 3. The molecular weight excluding hydrogens is 308 g/mol. The smallest absolute Gasteiger partial charge is 0.255 e. The van der Waals surface area contributed by atoms with E-state index in [1.807, 2.05) is 30.3 Å². The lowest BCUT2D eigenvalue weighted by molar-refractivity contribution is 0.0925. The van der Waals surface area contributed by atoms with E-state index in [9.17, 15) is 4.79 Å². The molecule has 0 fully saturated rings. The fourth-order valence-electron chi connectivity index (χ4n) is 3.97. The predicted molar refractivity (Wildman–Crippen MR) is 99.6 cm³/mol. The normalized spacial score (nSPS) is 18.0. The van der Waals surface area contributed by atoms with Crippen molar-refractivity contribution in [3.05, 3.63) is 89.5 Å². The second-order valence-corrected chi connectivity index (χ2v) is 6.62. The molecule has 3 aromatic rings. The Morgan fingerprint density at radius 2 is 1.68 bits per heavy atom. The minimum atomic E-state index is -0.0732. The highest BCUT2D eigenvalue weighted by Gasteiger charge is 2.35. The van der Waals surface area contributed by atoms with Gasteiger partial charge in [0.1, 0.15) is 6.17 Å². The first-order valence-electron chi connectivity index (χ1n) is 8.66. The lowest BCUT2D eigenvalue weighted by Crippen LogP contribution is -2.49. The summed E-state index contributed by atoms with van der Waals surface area (Å²) in [5.74, 6) is 0.0110. The van der Waals surface area contributed by atoms with E-state index >= 15 is 0 Å². The SMILES string of the molecule is O=C1NC2c3ccc(-c4ccccc4)cc3CCN2c2ccccc21. The fraction of sp³-hybridized carbons (Fsp3) is 0.136. The van der Waals surface area contributed by atoms with Crippen LogP contribution in [0.1, 0.15) is 27.7 Å². The molecule has 1 N–H and O–H groups in total. The summed E-state index contributed by atoms with van der Waals surface area (Å²) in [6.07, 6.45) is 0.910. The Morgan fingerprint density at radius 1 is 0.880 bits per heavy atom. The maximum Gasteiger partial charge on any atom is 0.255 e. The van der Waals surface area contributed by atoms with Gasteiger partial charge >= 0.3 is 0 Å². The summed E-state index contributed by atoms with van der Waals surface area (Å²) in [6.45, 7) is 0.910. The van der Waals surface area contributed by atoms with Gasteiger partial charge in [0, 0.05) is 6.54 Å². The Balaban J connectivity index is 1.58. The van der Waals surface area contributed by atoms with Crippen LogP contribution in [0.25, 0.3) is 11.1 Å². The van der Waals surface area contributed by atoms with Crippen molar-refractivity contribution in [3.8, 4) is 11.1 Å². The van der Waals surface area contributed by atoms with Crippen LogP contribution in [0, 0.1) is 0 Å². The van der Waals surface area contributed by atoms with Gasteiger partial charge in [-0.05, 0) is 40.8 Å². The zero-order valence-electron chi connectivity index (χ0n) is 13.8. The molecule has 3 aromatic carbocycles. The molecule has 0 bridgehead atoms. The van der Waals surface area contributed by atoms with E-state index in [1.54, 1.807) is 0 Å². The molecule has 1 unspecified atom stereocenters. The maximum atomic E-state index is 12.5. The maximum absolute atomic E-state index is 12.5. The Kier molecular flexibility index (Phi) is 3.14.